The Bertz CT molecular complexity index is 768. The summed E-state index contributed by atoms with van der Waals surface area (Å²) in [5.74, 6) is 0.375. The van der Waals surface area contributed by atoms with Crippen molar-refractivity contribution in [3.63, 3.8) is 0 Å². The molecule has 0 aromatic heterocycles. The van der Waals surface area contributed by atoms with Gasteiger partial charge in [0.2, 0.25) is 0 Å². The van der Waals surface area contributed by atoms with Gasteiger partial charge in [0, 0.05) is 24.7 Å². The van der Waals surface area contributed by atoms with E-state index in [0.717, 1.165) is 51.2 Å². The number of Topliss-reactive ketones (excluding diaryl/α,β-unsaturated/α-hetero) is 1. The van der Waals surface area contributed by atoms with Crippen molar-refractivity contribution in [3.8, 4) is 0 Å². The van der Waals surface area contributed by atoms with Gasteiger partial charge >= 0.3 is 35.5 Å². The van der Waals surface area contributed by atoms with Crippen molar-refractivity contribution in [2.45, 2.75) is 90.6 Å². The Kier molecular flexibility index (Phi) is 7.99. The minimum absolute atomic E-state index is 0. The van der Waals surface area contributed by atoms with Crippen LogP contribution >= 0.6 is 0 Å². The maximum atomic E-state index is 13.6. The standard InChI is InChI=1S/C25H36O6.Na/c1-24-11-9-17(31-22(30)8-7-21(28)29)13-16(24)3-5-18-19-6-4-15(10-12-26)25(19,2)14-20(27)23(18)24;/h12,15-19,23H,3-11,13-14H2,1-2H3,(H,28,29);/q;+1/p-1/t15-,16-,17-,18+,19+,23-,24+,25-;/m1./s1. The number of hydrogen-bond acceptors (Lipinski definition) is 6. The van der Waals surface area contributed by atoms with Crippen molar-refractivity contribution in [1.82, 2.24) is 0 Å². The Morgan fingerprint density at radius 1 is 1.09 bits per heavy atom. The second-order valence-corrected chi connectivity index (χ2v) is 11.1. The van der Waals surface area contributed by atoms with Crippen molar-refractivity contribution in [1.29, 1.82) is 0 Å². The normalized spacial score (nSPS) is 42.6. The quantitative estimate of drug-likeness (QED) is 0.315. The summed E-state index contributed by atoms with van der Waals surface area (Å²) in [6.07, 6.45) is 8.19. The summed E-state index contributed by atoms with van der Waals surface area (Å²) in [7, 11) is 0. The van der Waals surface area contributed by atoms with Crippen LogP contribution in [0, 0.1) is 40.4 Å². The number of ether oxygens (including phenoxy) is 1. The summed E-state index contributed by atoms with van der Waals surface area (Å²) >= 11 is 0. The van der Waals surface area contributed by atoms with E-state index in [1.807, 2.05) is 0 Å². The molecule has 8 atom stereocenters. The fourth-order valence-corrected chi connectivity index (χ4v) is 8.19. The summed E-state index contributed by atoms with van der Waals surface area (Å²) in [5, 5.41) is 10.6. The number of carbonyl (C=O) groups excluding carboxylic acids is 4. The fourth-order valence-electron chi connectivity index (χ4n) is 8.19. The molecule has 0 unspecified atom stereocenters. The first-order valence-electron chi connectivity index (χ1n) is 12.0. The molecule has 4 aliphatic carbocycles. The number of carboxylic acids is 1. The van der Waals surface area contributed by atoms with Gasteiger partial charge in [-0.1, -0.05) is 13.8 Å². The zero-order valence-electron chi connectivity index (χ0n) is 19.8. The van der Waals surface area contributed by atoms with E-state index in [1.165, 1.54) is 0 Å². The predicted molar refractivity (Wildman–Crippen MR) is 110 cm³/mol. The molecule has 4 aliphatic rings. The molecule has 0 spiro atoms. The average molecular weight is 455 g/mol. The zero-order chi connectivity index (χ0) is 22.4. The van der Waals surface area contributed by atoms with E-state index in [1.54, 1.807) is 0 Å². The number of rotatable bonds is 6. The van der Waals surface area contributed by atoms with Gasteiger partial charge in [-0.25, -0.2) is 0 Å². The number of ketones is 1. The van der Waals surface area contributed by atoms with Crippen molar-refractivity contribution >= 4 is 24.0 Å². The van der Waals surface area contributed by atoms with Gasteiger partial charge in [0.05, 0.1) is 6.42 Å². The van der Waals surface area contributed by atoms with E-state index in [9.17, 15) is 24.3 Å². The smallest absolute Gasteiger partial charge is 0.550 e. The summed E-state index contributed by atoms with van der Waals surface area (Å²) in [6, 6.07) is 0. The number of aliphatic carboxylic acids is 1. The molecule has 0 N–H and O–H groups in total. The molecule has 4 saturated carbocycles. The van der Waals surface area contributed by atoms with Crippen LogP contribution in [-0.4, -0.2) is 30.1 Å². The van der Waals surface area contributed by atoms with E-state index in [0.29, 0.717) is 42.3 Å². The Labute approximate surface area is 212 Å². The summed E-state index contributed by atoms with van der Waals surface area (Å²) in [5.41, 5.74) is -0.0912. The van der Waals surface area contributed by atoms with E-state index < -0.39 is 11.9 Å². The number of aldehydes is 1. The van der Waals surface area contributed by atoms with Crippen LogP contribution in [0.1, 0.15) is 84.5 Å². The molecule has 0 aromatic rings. The van der Waals surface area contributed by atoms with Gasteiger partial charge in [0.1, 0.15) is 18.2 Å². The van der Waals surface area contributed by atoms with E-state index >= 15 is 0 Å². The third-order valence-electron chi connectivity index (χ3n) is 9.71. The molecule has 0 heterocycles. The first-order valence-corrected chi connectivity index (χ1v) is 12.0. The molecule has 6 nitrogen and oxygen atoms in total. The van der Waals surface area contributed by atoms with Crippen molar-refractivity contribution in [2.24, 2.45) is 40.4 Å². The minimum atomic E-state index is -1.24. The molecule has 0 aromatic carbocycles. The number of fused-ring (bicyclic) bond motifs is 5. The van der Waals surface area contributed by atoms with E-state index in [2.05, 4.69) is 13.8 Å². The van der Waals surface area contributed by atoms with Crippen LogP contribution in [-0.2, 0) is 23.9 Å². The van der Waals surface area contributed by atoms with Crippen LogP contribution in [0.5, 0.6) is 0 Å². The molecule has 0 aliphatic heterocycles. The van der Waals surface area contributed by atoms with Crippen LogP contribution < -0.4 is 34.7 Å². The molecule has 0 amide bonds. The van der Waals surface area contributed by atoms with Crippen LogP contribution in [0.2, 0.25) is 0 Å². The Morgan fingerprint density at radius 2 is 1.84 bits per heavy atom. The van der Waals surface area contributed by atoms with Gasteiger partial charge in [0.25, 0.3) is 0 Å². The molecule has 4 rings (SSSR count). The van der Waals surface area contributed by atoms with Gasteiger partial charge in [-0.3, -0.25) is 9.59 Å². The third-order valence-corrected chi connectivity index (χ3v) is 9.71. The van der Waals surface area contributed by atoms with Gasteiger partial charge in [0.15, 0.2) is 0 Å². The van der Waals surface area contributed by atoms with Crippen LogP contribution in [0.15, 0.2) is 0 Å². The third kappa shape index (κ3) is 4.48. The van der Waals surface area contributed by atoms with Crippen molar-refractivity contribution in [2.75, 3.05) is 0 Å². The topological polar surface area (TPSA) is 101 Å². The molecule has 4 fully saturated rings. The van der Waals surface area contributed by atoms with Crippen LogP contribution in [0.3, 0.4) is 0 Å². The van der Waals surface area contributed by atoms with Crippen molar-refractivity contribution in [3.05, 3.63) is 0 Å². The zero-order valence-corrected chi connectivity index (χ0v) is 21.8. The van der Waals surface area contributed by atoms with Gasteiger partial charge < -0.3 is 19.4 Å². The fraction of sp³-hybridized carbons (Fsp3) is 0.840. The second-order valence-electron chi connectivity index (χ2n) is 11.1. The van der Waals surface area contributed by atoms with Gasteiger partial charge in [-0.2, -0.15) is 0 Å². The minimum Gasteiger partial charge on any atom is -0.550 e. The number of carbonyl (C=O) groups is 4. The van der Waals surface area contributed by atoms with E-state index in [-0.39, 0.29) is 65.3 Å². The molecule has 0 radical (unpaired) electrons. The Hall–Kier alpha value is -0.720. The first-order chi connectivity index (χ1) is 14.7. The largest absolute Gasteiger partial charge is 1.00 e. The SMILES string of the molecule is C[C@]12CC[C@@H](OC(=O)CCC(=O)[O-])C[C@H]1CC[C@H]1[C@@H]3CC[C@H](CC=O)[C@@]3(C)CC(=O)[C@@H]12.[Na+]. The molecule has 0 bridgehead atoms. The van der Waals surface area contributed by atoms with Gasteiger partial charge in [-0.15, -0.1) is 0 Å². The number of carboxylic acid groups (broad SMARTS) is 1. The second kappa shape index (κ2) is 9.87. The summed E-state index contributed by atoms with van der Waals surface area (Å²) in [4.78, 5) is 47.3. The summed E-state index contributed by atoms with van der Waals surface area (Å²) < 4.78 is 5.58. The van der Waals surface area contributed by atoms with Crippen LogP contribution in [0.4, 0.5) is 0 Å². The molecule has 7 heteroatoms. The molecule has 32 heavy (non-hydrogen) atoms. The molecular formula is C25H35NaO6. The molecule has 0 saturated heterocycles. The predicted octanol–water partition coefficient (Wildman–Crippen LogP) is -0.141. The number of hydrogen-bond donors (Lipinski definition) is 0. The number of esters is 1. The van der Waals surface area contributed by atoms with Crippen LogP contribution in [0.25, 0.3) is 0 Å². The maximum Gasteiger partial charge on any atom is 1.00 e. The monoisotopic (exact) mass is 454 g/mol. The van der Waals surface area contributed by atoms with E-state index in [4.69, 9.17) is 4.74 Å². The Morgan fingerprint density at radius 3 is 2.53 bits per heavy atom. The first kappa shape index (κ1) is 25.9. The summed E-state index contributed by atoms with van der Waals surface area (Å²) in [6.45, 7) is 4.53. The van der Waals surface area contributed by atoms with Crippen molar-refractivity contribution < 1.29 is 58.6 Å². The maximum absolute atomic E-state index is 13.6. The Balaban J connectivity index is 0.00000289. The molecular weight excluding hydrogens is 419 g/mol. The van der Waals surface area contributed by atoms with Gasteiger partial charge in [-0.05, 0) is 85.9 Å². The molecule has 172 valence electrons. The average Bonchev–Trinajstić information content (AvgIpc) is 3.02.